The summed E-state index contributed by atoms with van der Waals surface area (Å²) in [5.74, 6) is -0.501. The van der Waals surface area contributed by atoms with Crippen molar-refractivity contribution in [2.45, 2.75) is 18.9 Å². The number of hydrogen-bond acceptors (Lipinski definition) is 4. The van der Waals surface area contributed by atoms with E-state index in [9.17, 15) is 13.2 Å². The van der Waals surface area contributed by atoms with E-state index >= 15 is 0 Å². The van der Waals surface area contributed by atoms with Gasteiger partial charge in [0.2, 0.25) is 10.0 Å². The van der Waals surface area contributed by atoms with Gasteiger partial charge < -0.3 is 4.74 Å². The average molecular weight is 295 g/mol. The smallest absolute Gasteiger partial charge is 0.324 e. The van der Waals surface area contributed by atoms with Crippen LogP contribution in [-0.2, 0) is 19.6 Å². The molecule has 1 aromatic carbocycles. The van der Waals surface area contributed by atoms with Gasteiger partial charge in [0.05, 0.1) is 7.11 Å². The summed E-state index contributed by atoms with van der Waals surface area (Å²) in [5.41, 5.74) is 0.796. The van der Waals surface area contributed by atoms with Crippen molar-refractivity contribution in [3.63, 3.8) is 0 Å². The second-order valence-electron chi connectivity index (χ2n) is 4.55. The van der Waals surface area contributed by atoms with Gasteiger partial charge in [0.25, 0.3) is 0 Å². The molecular weight excluding hydrogens is 278 g/mol. The molecule has 1 aromatic rings. The number of ether oxygens (including phenoxy) is 1. The van der Waals surface area contributed by atoms with Crippen molar-refractivity contribution in [1.29, 1.82) is 0 Å². The lowest BCUT2D eigenvalue weighted by Crippen LogP contribution is -2.40. The molecule has 1 fully saturated rings. The number of rotatable bonds is 4. The topological polar surface area (TPSA) is 63.7 Å². The number of methoxy groups -OCH3 is 1. The molecule has 6 heteroatoms. The molecule has 0 aromatic heterocycles. The molecule has 5 nitrogen and oxygen atoms in total. The van der Waals surface area contributed by atoms with Crippen molar-refractivity contribution < 1.29 is 17.9 Å². The van der Waals surface area contributed by atoms with Gasteiger partial charge in [0.15, 0.2) is 0 Å². The predicted molar refractivity (Wildman–Crippen MR) is 76.1 cm³/mol. The van der Waals surface area contributed by atoms with E-state index in [0.717, 1.165) is 11.0 Å². The Labute approximate surface area is 118 Å². The SMILES string of the molecule is COC(=O)[C@@H]1CCCN1S(=O)(=O)/C=C/c1ccccc1. The number of esters is 1. The standard InChI is InChI=1S/C14H17NO4S/c1-19-14(16)13-8-5-10-15(13)20(17,18)11-9-12-6-3-2-4-7-12/h2-4,6-7,9,11,13H,5,8,10H2,1H3/b11-9+/t13-/m0/s1. The van der Waals surface area contributed by atoms with Gasteiger partial charge in [-0.25, -0.2) is 8.42 Å². The molecule has 1 aliphatic rings. The first kappa shape index (κ1) is 14.7. The fourth-order valence-corrected chi connectivity index (χ4v) is 3.64. The van der Waals surface area contributed by atoms with Gasteiger partial charge in [-0.3, -0.25) is 4.79 Å². The van der Waals surface area contributed by atoms with Crippen LogP contribution in [0.4, 0.5) is 0 Å². The van der Waals surface area contributed by atoms with Gasteiger partial charge in [-0.2, -0.15) is 4.31 Å². The number of hydrogen-bond donors (Lipinski definition) is 0. The van der Waals surface area contributed by atoms with Crippen LogP contribution < -0.4 is 0 Å². The molecule has 1 atom stereocenters. The summed E-state index contributed by atoms with van der Waals surface area (Å²) in [6, 6.07) is 8.45. The average Bonchev–Trinajstić information content (AvgIpc) is 2.96. The Bertz CT molecular complexity index is 595. The maximum atomic E-state index is 12.3. The molecule has 0 saturated carbocycles. The Morgan fingerprint density at radius 1 is 1.35 bits per heavy atom. The largest absolute Gasteiger partial charge is 0.468 e. The molecule has 0 amide bonds. The number of nitrogens with zero attached hydrogens (tertiary/aromatic N) is 1. The van der Waals surface area contributed by atoms with Crippen LogP contribution in [0.5, 0.6) is 0 Å². The highest BCUT2D eigenvalue weighted by atomic mass is 32.2. The number of carbonyl (C=O) groups is 1. The zero-order valence-corrected chi connectivity index (χ0v) is 12.0. The van der Waals surface area contributed by atoms with Crippen molar-refractivity contribution in [3.8, 4) is 0 Å². The van der Waals surface area contributed by atoms with Crippen molar-refractivity contribution in [2.75, 3.05) is 13.7 Å². The summed E-state index contributed by atoms with van der Waals surface area (Å²) < 4.78 is 30.4. The molecular formula is C14H17NO4S. The van der Waals surface area contributed by atoms with E-state index in [1.165, 1.54) is 17.5 Å². The number of carbonyl (C=O) groups excluding carboxylic acids is 1. The van der Waals surface area contributed by atoms with Crippen molar-refractivity contribution in [3.05, 3.63) is 41.3 Å². The van der Waals surface area contributed by atoms with Gasteiger partial charge in [0.1, 0.15) is 6.04 Å². The van der Waals surface area contributed by atoms with Crippen LogP contribution in [0.15, 0.2) is 35.7 Å². The first-order chi connectivity index (χ1) is 9.54. The predicted octanol–water partition coefficient (Wildman–Crippen LogP) is 1.62. The minimum atomic E-state index is -3.61. The third kappa shape index (κ3) is 3.26. The van der Waals surface area contributed by atoms with Crippen LogP contribution in [0.3, 0.4) is 0 Å². The number of sulfonamides is 1. The Hall–Kier alpha value is -1.66. The Balaban J connectivity index is 2.18. The Morgan fingerprint density at radius 3 is 2.70 bits per heavy atom. The summed E-state index contributed by atoms with van der Waals surface area (Å²) in [5, 5.41) is 1.14. The molecule has 0 spiro atoms. The zero-order chi connectivity index (χ0) is 14.6. The molecule has 0 bridgehead atoms. The maximum Gasteiger partial charge on any atom is 0.324 e. The molecule has 1 heterocycles. The van der Waals surface area contributed by atoms with E-state index in [-0.39, 0.29) is 0 Å². The van der Waals surface area contributed by atoms with E-state index in [4.69, 9.17) is 0 Å². The lowest BCUT2D eigenvalue weighted by atomic mass is 10.2. The van der Waals surface area contributed by atoms with E-state index in [2.05, 4.69) is 4.74 Å². The van der Waals surface area contributed by atoms with Gasteiger partial charge in [-0.05, 0) is 24.5 Å². The second-order valence-corrected chi connectivity index (χ2v) is 6.32. The molecule has 0 N–H and O–H groups in total. The molecule has 1 aliphatic heterocycles. The first-order valence-electron chi connectivity index (χ1n) is 6.37. The normalized spacial score (nSPS) is 20.4. The first-order valence-corrected chi connectivity index (χ1v) is 7.88. The van der Waals surface area contributed by atoms with Crippen LogP contribution in [0.1, 0.15) is 18.4 Å². The summed E-state index contributed by atoms with van der Waals surface area (Å²) in [6.07, 6.45) is 2.70. The van der Waals surface area contributed by atoms with Crippen molar-refractivity contribution in [2.24, 2.45) is 0 Å². The van der Waals surface area contributed by atoms with Crippen LogP contribution >= 0.6 is 0 Å². The quantitative estimate of drug-likeness (QED) is 0.792. The highest BCUT2D eigenvalue weighted by Crippen LogP contribution is 2.23. The second kappa shape index (κ2) is 6.19. The minimum Gasteiger partial charge on any atom is -0.468 e. The maximum absolute atomic E-state index is 12.3. The molecule has 0 radical (unpaired) electrons. The fraction of sp³-hybridized carbons (Fsp3) is 0.357. The minimum absolute atomic E-state index is 0.348. The van der Waals surface area contributed by atoms with E-state index in [0.29, 0.717) is 19.4 Å². The van der Waals surface area contributed by atoms with Gasteiger partial charge >= 0.3 is 5.97 Å². The van der Waals surface area contributed by atoms with E-state index in [1.54, 1.807) is 0 Å². The molecule has 0 aliphatic carbocycles. The summed E-state index contributed by atoms with van der Waals surface area (Å²) in [6.45, 7) is 0.348. The van der Waals surface area contributed by atoms with Crippen molar-refractivity contribution in [1.82, 2.24) is 4.31 Å². The number of benzene rings is 1. The lowest BCUT2D eigenvalue weighted by molar-refractivity contribution is -0.144. The molecule has 1 saturated heterocycles. The van der Waals surface area contributed by atoms with Crippen LogP contribution in [0.2, 0.25) is 0 Å². The fourth-order valence-electron chi connectivity index (χ4n) is 2.22. The Kier molecular flexibility index (Phi) is 4.57. The van der Waals surface area contributed by atoms with E-state index in [1.807, 2.05) is 30.3 Å². The molecule has 20 heavy (non-hydrogen) atoms. The third-order valence-corrected chi connectivity index (χ3v) is 4.81. The highest BCUT2D eigenvalue weighted by Gasteiger charge is 2.38. The van der Waals surface area contributed by atoms with Gasteiger partial charge in [-0.15, -0.1) is 0 Å². The highest BCUT2D eigenvalue weighted by molar-refractivity contribution is 7.92. The summed E-state index contributed by atoms with van der Waals surface area (Å²) >= 11 is 0. The molecule has 0 unspecified atom stereocenters. The van der Waals surface area contributed by atoms with Gasteiger partial charge in [0, 0.05) is 12.0 Å². The summed E-state index contributed by atoms with van der Waals surface area (Å²) in [7, 11) is -2.34. The lowest BCUT2D eigenvalue weighted by Gasteiger charge is -2.20. The van der Waals surface area contributed by atoms with Crippen LogP contribution in [-0.4, -0.2) is 38.4 Å². The van der Waals surface area contributed by atoms with Crippen LogP contribution in [0.25, 0.3) is 6.08 Å². The van der Waals surface area contributed by atoms with E-state index < -0.39 is 22.0 Å². The van der Waals surface area contributed by atoms with Crippen molar-refractivity contribution >= 4 is 22.1 Å². The van der Waals surface area contributed by atoms with Crippen LogP contribution in [0, 0.1) is 0 Å². The third-order valence-electron chi connectivity index (χ3n) is 3.24. The zero-order valence-electron chi connectivity index (χ0n) is 11.2. The van der Waals surface area contributed by atoms with Gasteiger partial charge in [-0.1, -0.05) is 30.3 Å². The molecule has 2 rings (SSSR count). The monoisotopic (exact) mass is 295 g/mol. The Morgan fingerprint density at radius 2 is 2.05 bits per heavy atom. The summed E-state index contributed by atoms with van der Waals surface area (Å²) in [4.78, 5) is 11.6. The molecule has 108 valence electrons.